The number of likely N-dealkylation sites (N-methyl/N-ethyl adjacent to an activating group) is 1. The lowest BCUT2D eigenvalue weighted by Gasteiger charge is -2.35. The van der Waals surface area contributed by atoms with Crippen molar-refractivity contribution in [1.82, 2.24) is 15.1 Å². The zero-order valence-corrected chi connectivity index (χ0v) is 16.4. The standard InChI is InChI=1S/C20H25N3O3S/c1-22-19(26)23(18(25)20(22)10-5-2-6-11-20)13-17(24)21-15-9-12-27-16-8-4-3-7-14(15)16/h3-4,7-8,15H,2,5-6,9-13H2,1H3,(H,21,24)/t15-/m1/s1. The van der Waals surface area contributed by atoms with Crippen molar-refractivity contribution in [2.24, 2.45) is 0 Å². The normalized spacial score (nSPS) is 24.3. The molecule has 2 heterocycles. The molecule has 144 valence electrons. The Labute approximate surface area is 163 Å². The van der Waals surface area contributed by atoms with Crippen LogP contribution in [0.3, 0.4) is 0 Å². The van der Waals surface area contributed by atoms with Crippen molar-refractivity contribution in [2.45, 2.75) is 55.0 Å². The summed E-state index contributed by atoms with van der Waals surface area (Å²) in [4.78, 5) is 42.2. The minimum Gasteiger partial charge on any atom is -0.348 e. The highest BCUT2D eigenvalue weighted by Gasteiger charge is 2.55. The van der Waals surface area contributed by atoms with Gasteiger partial charge in [0.05, 0.1) is 6.04 Å². The molecule has 1 aromatic carbocycles. The first-order valence-electron chi connectivity index (χ1n) is 9.64. The molecule has 0 radical (unpaired) electrons. The van der Waals surface area contributed by atoms with Gasteiger partial charge in [0, 0.05) is 17.7 Å². The molecule has 2 fully saturated rings. The average Bonchev–Trinajstić information content (AvgIpc) is 2.85. The maximum Gasteiger partial charge on any atom is 0.327 e. The van der Waals surface area contributed by atoms with Crippen molar-refractivity contribution in [3.05, 3.63) is 29.8 Å². The van der Waals surface area contributed by atoms with Gasteiger partial charge in [0.1, 0.15) is 12.1 Å². The average molecular weight is 388 g/mol. The lowest BCUT2D eigenvalue weighted by molar-refractivity contribution is -0.137. The van der Waals surface area contributed by atoms with E-state index in [9.17, 15) is 14.4 Å². The lowest BCUT2D eigenvalue weighted by atomic mass is 9.81. The van der Waals surface area contributed by atoms with Crippen LogP contribution in [0.2, 0.25) is 0 Å². The fraction of sp³-hybridized carbons (Fsp3) is 0.550. The van der Waals surface area contributed by atoms with Crippen molar-refractivity contribution < 1.29 is 14.4 Å². The minimum atomic E-state index is -0.732. The fourth-order valence-electron chi connectivity index (χ4n) is 4.55. The number of nitrogens with one attached hydrogen (secondary N) is 1. The Hall–Kier alpha value is -2.02. The highest BCUT2D eigenvalue weighted by Crippen LogP contribution is 2.39. The molecule has 1 atom stereocenters. The molecular weight excluding hydrogens is 362 g/mol. The molecule has 1 aliphatic carbocycles. The van der Waals surface area contributed by atoms with Crippen LogP contribution in [0, 0.1) is 0 Å². The maximum atomic E-state index is 13.0. The summed E-state index contributed by atoms with van der Waals surface area (Å²) >= 11 is 1.79. The Morgan fingerprint density at radius 1 is 1.22 bits per heavy atom. The largest absolute Gasteiger partial charge is 0.348 e. The highest BCUT2D eigenvalue weighted by molar-refractivity contribution is 7.99. The van der Waals surface area contributed by atoms with E-state index in [4.69, 9.17) is 0 Å². The number of amides is 4. The smallest absolute Gasteiger partial charge is 0.327 e. The van der Waals surface area contributed by atoms with Gasteiger partial charge in [-0.15, -0.1) is 11.8 Å². The van der Waals surface area contributed by atoms with Crippen LogP contribution in [-0.4, -0.2) is 52.5 Å². The van der Waals surface area contributed by atoms with Gasteiger partial charge in [-0.25, -0.2) is 4.79 Å². The van der Waals surface area contributed by atoms with Gasteiger partial charge in [0.2, 0.25) is 5.91 Å². The van der Waals surface area contributed by atoms with Gasteiger partial charge in [-0.3, -0.25) is 14.5 Å². The summed E-state index contributed by atoms with van der Waals surface area (Å²) in [5.74, 6) is 0.462. The summed E-state index contributed by atoms with van der Waals surface area (Å²) in [6.07, 6.45) is 5.22. The van der Waals surface area contributed by atoms with E-state index in [1.807, 2.05) is 18.2 Å². The second-order valence-electron chi connectivity index (χ2n) is 7.62. The molecular formula is C20H25N3O3S. The first-order chi connectivity index (χ1) is 13.0. The molecule has 1 aromatic rings. The van der Waals surface area contributed by atoms with E-state index in [0.29, 0.717) is 12.8 Å². The zero-order valence-electron chi connectivity index (χ0n) is 15.6. The molecule has 1 saturated heterocycles. The van der Waals surface area contributed by atoms with E-state index in [0.717, 1.165) is 41.9 Å². The lowest BCUT2D eigenvalue weighted by Crippen LogP contribution is -2.49. The van der Waals surface area contributed by atoms with Crippen LogP contribution in [0.25, 0.3) is 0 Å². The Morgan fingerprint density at radius 2 is 1.96 bits per heavy atom. The van der Waals surface area contributed by atoms with Crippen molar-refractivity contribution >= 4 is 29.6 Å². The first-order valence-corrected chi connectivity index (χ1v) is 10.6. The molecule has 1 saturated carbocycles. The topological polar surface area (TPSA) is 69.7 Å². The number of carbonyl (C=O) groups excluding carboxylic acids is 3. The third kappa shape index (κ3) is 3.12. The van der Waals surface area contributed by atoms with Gasteiger partial charge in [0.25, 0.3) is 5.91 Å². The molecule has 6 nitrogen and oxygen atoms in total. The van der Waals surface area contributed by atoms with Gasteiger partial charge >= 0.3 is 6.03 Å². The van der Waals surface area contributed by atoms with E-state index >= 15 is 0 Å². The van der Waals surface area contributed by atoms with Gasteiger partial charge in [-0.1, -0.05) is 37.5 Å². The van der Waals surface area contributed by atoms with Crippen molar-refractivity contribution in [2.75, 3.05) is 19.3 Å². The monoisotopic (exact) mass is 387 g/mol. The van der Waals surface area contributed by atoms with Crippen LogP contribution in [-0.2, 0) is 9.59 Å². The third-order valence-corrected chi connectivity index (χ3v) is 7.20. The molecule has 0 unspecified atom stereocenters. The molecule has 1 N–H and O–H groups in total. The van der Waals surface area contributed by atoms with Crippen molar-refractivity contribution in [1.29, 1.82) is 0 Å². The molecule has 2 aliphatic heterocycles. The molecule has 1 spiro atoms. The summed E-state index contributed by atoms with van der Waals surface area (Å²) in [6.45, 7) is -0.199. The van der Waals surface area contributed by atoms with E-state index < -0.39 is 5.54 Å². The van der Waals surface area contributed by atoms with Crippen LogP contribution in [0.15, 0.2) is 29.2 Å². The quantitative estimate of drug-likeness (QED) is 0.810. The summed E-state index contributed by atoms with van der Waals surface area (Å²) in [5, 5.41) is 3.03. The minimum absolute atomic E-state index is 0.0656. The first kappa shape index (κ1) is 18.3. The highest BCUT2D eigenvalue weighted by atomic mass is 32.2. The second kappa shape index (κ2) is 7.19. The van der Waals surface area contributed by atoms with E-state index in [-0.39, 0.29) is 30.4 Å². The molecule has 27 heavy (non-hydrogen) atoms. The van der Waals surface area contributed by atoms with Crippen LogP contribution < -0.4 is 5.32 Å². The van der Waals surface area contributed by atoms with Crippen LogP contribution in [0.4, 0.5) is 4.79 Å². The van der Waals surface area contributed by atoms with Gasteiger partial charge in [-0.2, -0.15) is 0 Å². The van der Waals surface area contributed by atoms with Crippen LogP contribution in [0.5, 0.6) is 0 Å². The number of benzene rings is 1. The Bertz CT molecular complexity index is 775. The summed E-state index contributed by atoms with van der Waals surface area (Å²) in [7, 11) is 1.69. The van der Waals surface area contributed by atoms with Crippen LogP contribution in [0.1, 0.15) is 50.1 Å². The number of fused-ring (bicyclic) bond motifs is 1. The third-order valence-electron chi connectivity index (χ3n) is 6.08. The molecule has 4 rings (SSSR count). The number of rotatable bonds is 3. The number of nitrogens with zero attached hydrogens (tertiary/aromatic N) is 2. The fourth-order valence-corrected chi connectivity index (χ4v) is 5.67. The van der Waals surface area contributed by atoms with E-state index in [2.05, 4.69) is 11.4 Å². The van der Waals surface area contributed by atoms with Crippen molar-refractivity contribution in [3.8, 4) is 0 Å². The molecule has 0 aromatic heterocycles. The maximum absolute atomic E-state index is 13.0. The number of hydrogen-bond acceptors (Lipinski definition) is 4. The molecule has 3 aliphatic rings. The Balaban J connectivity index is 1.46. The Kier molecular flexibility index (Phi) is 4.88. The van der Waals surface area contributed by atoms with E-state index in [1.54, 1.807) is 23.7 Å². The zero-order chi connectivity index (χ0) is 19.0. The van der Waals surface area contributed by atoms with Gasteiger partial charge in [0.15, 0.2) is 0 Å². The summed E-state index contributed by atoms with van der Waals surface area (Å²) in [5.41, 5.74) is 0.381. The van der Waals surface area contributed by atoms with Crippen LogP contribution >= 0.6 is 11.8 Å². The van der Waals surface area contributed by atoms with E-state index in [1.165, 1.54) is 4.90 Å². The number of thioether (sulfide) groups is 1. The van der Waals surface area contributed by atoms with Gasteiger partial charge in [-0.05, 0) is 30.9 Å². The number of urea groups is 1. The second-order valence-corrected chi connectivity index (χ2v) is 8.76. The SMILES string of the molecule is CN1C(=O)N(CC(=O)N[C@@H]2CCSc3ccccc32)C(=O)C12CCCCC2. The predicted octanol–water partition coefficient (Wildman–Crippen LogP) is 2.94. The molecule has 0 bridgehead atoms. The molecule has 7 heteroatoms. The number of hydrogen-bond donors (Lipinski definition) is 1. The summed E-state index contributed by atoms with van der Waals surface area (Å²) < 4.78 is 0. The number of carbonyl (C=O) groups is 3. The number of imide groups is 1. The predicted molar refractivity (Wildman–Crippen MR) is 103 cm³/mol. The molecule has 4 amide bonds. The van der Waals surface area contributed by atoms with Crippen molar-refractivity contribution in [3.63, 3.8) is 0 Å². The van der Waals surface area contributed by atoms with Gasteiger partial charge < -0.3 is 10.2 Å². The summed E-state index contributed by atoms with van der Waals surface area (Å²) in [6, 6.07) is 7.65. The Morgan fingerprint density at radius 3 is 2.74 bits per heavy atom.